The van der Waals surface area contributed by atoms with Crippen LogP contribution in [0.1, 0.15) is 151 Å². The van der Waals surface area contributed by atoms with Gasteiger partial charge in [0, 0.05) is 77.8 Å². The molecule has 2 aromatic rings. The summed E-state index contributed by atoms with van der Waals surface area (Å²) in [5.41, 5.74) is 20.5. The largest absolute Gasteiger partial charge is 0.450 e. The molecule has 10 rings (SSSR count). The average molecular weight is 1550 g/mol. The summed E-state index contributed by atoms with van der Waals surface area (Å²) in [6.07, 6.45) is -11.4. The monoisotopic (exact) mass is 1550 g/mol. The molecule has 0 spiro atoms. The van der Waals surface area contributed by atoms with Crippen LogP contribution >= 0.6 is 0 Å². The number of nitrogens with zero attached hydrogens (tertiary/aromatic N) is 10. The molecule has 0 saturated carbocycles. The number of carbonyl (C=O) groups is 12. The van der Waals surface area contributed by atoms with E-state index in [2.05, 4.69) is 73.4 Å². The van der Waals surface area contributed by atoms with Crippen molar-refractivity contribution in [1.29, 1.82) is 0 Å². The smallest absolute Gasteiger partial charge is 0.329 e. The van der Waals surface area contributed by atoms with E-state index in [4.69, 9.17) is 20.5 Å². The predicted octanol–water partition coefficient (Wildman–Crippen LogP) is -0.498. The second kappa shape index (κ2) is 34.7. The van der Waals surface area contributed by atoms with Gasteiger partial charge >= 0.3 is 11.9 Å². The third-order valence-corrected chi connectivity index (χ3v) is 21.9. The highest BCUT2D eigenvalue weighted by Gasteiger charge is 2.64. The number of carbonyl (C=O) groups excluding carboxylic acids is 12. The van der Waals surface area contributed by atoms with Crippen LogP contribution < -0.4 is 53.4 Å². The maximum absolute atomic E-state index is 15.6. The minimum atomic E-state index is -2.25. The van der Waals surface area contributed by atoms with Crippen molar-refractivity contribution in [1.82, 2.24) is 62.6 Å². The van der Waals surface area contributed by atoms with Crippen LogP contribution in [0.5, 0.6) is 0 Å². The third kappa shape index (κ3) is 17.3. The number of β-amino-alcohol motifs (C(OH)–C–C–N with tert-alkyl or cyclic N) is 1. The molecule has 8 aliphatic heterocycles. The number of unbranched alkanes of at least 4 members (excludes halogenated alkanes) is 2. The highest BCUT2D eigenvalue weighted by molar-refractivity contribution is 6.01. The van der Waals surface area contributed by atoms with E-state index in [0.29, 0.717) is 17.5 Å². The van der Waals surface area contributed by atoms with E-state index in [9.17, 15) is 63.9 Å². The fraction of sp³-hybridized carbons (Fsp3) is 0.667. The lowest BCUT2D eigenvalue weighted by atomic mass is 9.86. The van der Waals surface area contributed by atoms with Gasteiger partial charge in [-0.1, -0.05) is 90.6 Å². The van der Waals surface area contributed by atoms with Crippen LogP contribution in [-0.2, 0) is 78.2 Å². The van der Waals surface area contributed by atoms with Gasteiger partial charge in [0.25, 0.3) is 11.8 Å². The van der Waals surface area contributed by atoms with Gasteiger partial charge in [-0.3, -0.25) is 58.0 Å². The molecular formula is C72H102N20O19. The van der Waals surface area contributed by atoms with Gasteiger partial charge in [0.05, 0.1) is 18.3 Å². The van der Waals surface area contributed by atoms with Gasteiger partial charge in [-0.05, 0) is 122 Å². The number of aliphatic hydroxyl groups excluding tert-OH is 3. The second-order valence-corrected chi connectivity index (χ2v) is 31.3. The number of esters is 2. The van der Waals surface area contributed by atoms with Gasteiger partial charge in [0.1, 0.15) is 84.0 Å². The number of fused-ring (bicyclic) bond motifs is 12. The summed E-state index contributed by atoms with van der Waals surface area (Å²) in [4.78, 5) is 186. The van der Waals surface area contributed by atoms with Crippen molar-refractivity contribution in [2.75, 3.05) is 36.8 Å². The fourth-order valence-corrected chi connectivity index (χ4v) is 15.8. The molecule has 0 unspecified atom stereocenters. The molecule has 6 fully saturated rings. The lowest BCUT2D eigenvalue weighted by Gasteiger charge is -2.40. The van der Waals surface area contributed by atoms with Gasteiger partial charge < -0.3 is 87.3 Å². The number of cyclic esters (lactones) is 2. The van der Waals surface area contributed by atoms with Gasteiger partial charge in [-0.2, -0.15) is 0 Å². The summed E-state index contributed by atoms with van der Waals surface area (Å²) in [5.74, 6) is -14.7. The standard InChI is InChI=1S/C72H102N20O19/c1-32(2)51-67(106)110-55(34(5)6)65(104)91-47(18-15-25-77-91)59(98)79-45(16-11-13-23-75-87-73)57(96)85-53(36(9)93)63(102)89-49(61(100)83-51)29-71(108)41-26-38(19-21-43(41)81-69(71)89)39-20-22-44-42(27-39)72(109)30-50-62(101)84-52(33(3)4)68(107)111-56(35(7)8)66(105)92-48(28-40(95)31-78-92)60(99)80-46(17-12-14-24-76-88-74)58(97)86-54(37(10)94)64(103)90(50)70(72)82-44/h19-22,26-27,32-37,40,45-56,69-70,77-78,81-82,93-95,108-109H,11-18,23-25,28-31H2,1-10H3,(H,79,98)(H,80,99)(H,83,100)(H,84,101)(H,85,96)(H,86,97)/t36-,37-,40+,45-,46-,47+,48+,49-,50-,51+,52+,53+,54+,55-,56-,69-,70-,71+,72+/m0/s1. The molecule has 39 heteroatoms. The number of hydrogen-bond donors (Lipinski definition) is 15. The van der Waals surface area contributed by atoms with Gasteiger partial charge in [-0.15, -0.1) is 0 Å². The molecule has 0 aliphatic carbocycles. The number of amides is 10. The Morgan fingerprint density at radius 2 is 0.892 bits per heavy atom. The van der Waals surface area contributed by atoms with Gasteiger partial charge in [-0.25, -0.2) is 20.4 Å². The summed E-state index contributed by atoms with van der Waals surface area (Å²) in [6, 6.07) is -6.55. The molecule has 15 N–H and O–H groups in total. The minimum absolute atomic E-state index is 0.00111. The van der Waals surface area contributed by atoms with Crippen LogP contribution in [0.2, 0.25) is 0 Å². The summed E-state index contributed by atoms with van der Waals surface area (Å²) in [6.45, 7) is 15.2. The number of azide groups is 2. The van der Waals surface area contributed by atoms with E-state index >= 15 is 19.2 Å². The number of anilines is 2. The Morgan fingerprint density at radius 3 is 1.29 bits per heavy atom. The number of nitrogens with one attached hydrogen (secondary N) is 10. The van der Waals surface area contributed by atoms with Crippen molar-refractivity contribution < 1.29 is 92.5 Å². The highest BCUT2D eigenvalue weighted by atomic mass is 16.6. The first-order valence-electron chi connectivity index (χ1n) is 37.9. The van der Waals surface area contributed by atoms with Crippen molar-refractivity contribution in [2.24, 2.45) is 33.9 Å². The molecular weight excluding hydrogens is 1450 g/mol. The molecule has 0 bridgehead atoms. The molecule has 0 aromatic heterocycles. The van der Waals surface area contributed by atoms with Crippen molar-refractivity contribution >= 4 is 82.4 Å². The number of ether oxygens (including phenoxy) is 2. The van der Waals surface area contributed by atoms with Crippen LogP contribution in [0, 0.1) is 23.7 Å². The first kappa shape index (κ1) is 83.5. The summed E-state index contributed by atoms with van der Waals surface area (Å²) in [7, 11) is 0. The molecule has 19 atom stereocenters. The molecule has 6 saturated heterocycles. The van der Waals surface area contributed by atoms with Crippen molar-refractivity contribution in [3.05, 3.63) is 68.4 Å². The van der Waals surface area contributed by atoms with Crippen LogP contribution in [0.25, 0.3) is 32.0 Å². The first-order chi connectivity index (χ1) is 52.6. The number of benzene rings is 2. The summed E-state index contributed by atoms with van der Waals surface area (Å²) >= 11 is 0. The molecule has 10 amide bonds. The van der Waals surface area contributed by atoms with E-state index in [1.54, 1.807) is 91.8 Å². The number of hydrazine groups is 2. The Morgan fingerprint density at radius 1 is 0.495 bits per heavy atom. The van der Waals surface area contributed by atoms with E-state index in [1.807, 2.05) is 0 Å². The molecule has 604 valence electrons. The Labute approximate surface area is 639 Å². The fourth-order valence-electron chi connectivity index (χ4n) is 15.8. The lowest BCUT2D eigenvalue weighted by molar-refractivity contribution is -0.172. The van der Waals surface area contributed by atoms with Crippen LogP contribution in [0.4, 0.5) is 11.4 Å². The minimum Gasteiger partial charge on any atom is -0.450 e. The molecule has 8 aliphatic rings. The number of rotatable bonds is 17. The zero-order valence-corrected chi connectivity index (χ0v) is 63.6. The van der Waals surface area contributed by atoms with Crippen molar-refractivity contribution in [3.8, 4) is 11.1 Å². The lowest BCUT2D eigenvalue weighted by Crippen LogP contribution is -2.67. The van der Waals surface area contributed by atoms with Crippen LogP contribution in [-0.4, -0.2) is 246 Å². The zero-order chi connectivity index (χ0) is 81.0. The van der Waals surface area contributed by atoms with E-state index in [0.717, 1.165) is 19.8 Å². The normalized spacial score (nSPS) is 31.7. The topological polar surface area (TPSA) is 555 Å². The maximum atomic E-state index is 15.6. The van der Waals surface area contributed by atoms with Gasteiger partial charge in [0.2, 0.25) is 47.3 Å². The van der Waals surface area contributed by atoms with E-state index in [1.165, 1.54) is 13.8 Å². The second-order valence-electron chi connectivity index (χ2n) is 31.3. The van der Waals surface area contributed by atoms with Crippen molar-refractivity contribution in [2.45, 2.75) is 254 Å². The van der Waals surface area contributed by atoms with E-state index < -0.39 is 222 Å². The highest BCUT2D eigenvalue weighted by Crippen LogP contribution is 2.53. The predicted molar refractivity (Wildman–Crippen MR) is 392 cm³/mol. The zero-order valence-electron chi connectivity index (χ0n) is 63.6. The molecule has 2 aromatic carbocycles. The van der Waals surface area contributed by atoms with Crippen LogP contribution in [0.3, 0.4) is 0 Å². The molecule has 8 heterocycles. The number of hydrogen-bond acceptors (Lipinski definition) is 25. The Hall–Kier alpha value is -9.98. The van der Waals surface area contributed by atoms with E-state index in [-0.39, 0.29) is 100 Å². The third-order valence-electron chi connectivity index (χ3n) is 21.9. The number of aliphatic hydroxyl groups is 5. The molecule has 0 radical (unpaired) electrons. The van der Waals surface area contributed by atoms with Gasteiger partial charge in [0.15, 0.2) is 12.2 Å². The quantitative estimate of drug-likeness (QED) is 0.0312. The molecule has 39 nitrogen and oxygen atoms in total. The molecule has 111 heavy (non-hydrogen) atoms. The van der Waals surface area contributed by atoms with Crippen molar-refractivity contribution in [3.63, 3.8) is 0 Å². The maximum Gasteiger partial charge on any atom is 0.329 e. The Balaban J connectivity index is 1.01. The average Bonchev–Trinajstić information content (AvgIpc) is 1.55. The Kier molecular flexibility index (Phi) is 26.1. The SMILES string of the molecule is CC(C)[C@@H]1OC(=O)[C@@H](C(C)C)NC(=O)[C@@H]2C[C@@]3(O)c4cc(-c5ccc6c(c5)[C@]5(O)C[C@H]7C(=O)N[C@H](C(C)C)C(=O)O[C@@H](C(C)C)C(=O)N8NC[C@H](O)C[C@@H]8C(=O)N[C@@H](CCCCN=[N+]=[N-])C(=O)N[C@H]([C@H](C)O)C(=O)N7[C@@H]5N6)ccc4N[C@H]3N2C(=O)[C@@H]([C@H](C)O)NC(=O)[C@H](CCCCN=[N+]=[N-])NC(=O)[C@H]2CCCNN2C1=O. The van der Waals surface area contributed by atoms with Crippen LogP contribution in [0.15, 0.2) is 46.6 Å². The first-order valence-corrected chi connectivity index (χ1v) is 37.9. The summed E-state index contributed by atoms with van der Waals surface area (Å²) < 4.78 is 11.9. The Bertz CT molecular complexity index is 4020. The summed E-state index contributed by atoms with van der Waals surface area (Å²) in [5, 5.41) is 92.1.